The third-order valence-corrected chi connectivity index (χ3v) is 3.85. The summed E-state index contributed by atoms with van der Waals surface area (Å²) in [5.74, 6) is 1.09. The first-order valence-electron chi connectivity index (χ1n) is 9.16. The van der Waals surface area contributed by atoms with Gasteiger partial charge in [0, 0.05) is 28.3 Å². The van der Waals surface area contributed by atoms with Crippen molar-refractivity contribution in [3.05, 3.63) is 71.5 Å². The third kappa shape index (κ3) is 5.30. The molecular formula is C22H24N4O2. The topological polar surface area (TPSA) is 76.1 Å². The van der Waals surface area contributed by atoms with Crippen LogP contribution in [0.5, 0.6) is 5.75 Å². The molecule has 3 rings (SSSR count). The Bertz CT molecular complexity index is 948. The minimum atomic E-state index is -0.192. The number of carbonyl (C=O) groups excluding carboxylic acids is 1. The van der Waals surface area contributed by atoms with Crippen molar-refractivity contribution >= 4 is 23.2 Å². The van der Waals surface area contributed by atoms with Crippen molar-refractivity contribution in [1.29, 1.82) is 0 Å². The number of ether oxygens (including phenoxy) is 1. The minimum absolute atomic E-state index is 0.108. The third-order valence-electron chi connectivity index (χ3n) is 3.85. The number of carbonyl (C=O) groups is 1. The van der Waals surface area contributed by atoms with E-state index in [1.54, 1.807) is 12.1 Å². The predicted molar refractivity (Wildman–Crippen MR) is 111 cm³/mol. The van der Waals surface area contributed by atoms with Crippen LogP contribution < -0.4 is 15.4 Å². The number of benzene rings is 2. The van der Waals surface area contributed by atoms with E-state index in [9.17, 15) is 4.79 Å². The highest BCUT2D eigenvalue weighted by molar-refractivity contribution is 6.04. The molecule has 1 amide bonds. The molecule has 0 fully saturated rings. The summed E-state index contributed by atoms with van der Waals surface area (Å²) in [4.78, 5) is 21.3. The summed E-state index contributed by atoms with van der Waals surface area (Å²) in [6.45, 7) is 7.78. The second-order valence-corrected chi connectivity index (χ2v) is 6.83. The van der Waals surface area contributed by atoms with Gasteiger partial charge >= 0.3 is 0 Å². The van der Waals surface area contributed by atoms with Gasteiger partial charge in [0.15, 0.2) is 0 Å². The first-order valence-corrected chi connectivity index (χ1v) is 9.16. The van der Waals surface area contributed by atoms with Gasteiger partial charge in [-0.2, -0.15) is 0 Å². The Balaban J connectivity index is 1.69. The summed E-state index contributed by atoms with van der Waals surface area (Å²) in [5.41, 5.74) is 3.76. The van der Waals surface area contributed by atoms with Gasteiger partial charge < -0.3 is 15.4 Å². The zero-order chi connectivity index (χ0) is 20.1. The van der Waals surface area contributed by atoms with Crippen molar-refractivity contribution in [2.45, 2.75) is 33.8 Å². The Morgan fingerprint density at radius 1 is 0.929 bits per heavy atom. The molecule has 2 aromatic carbocycles. The van der Waals surface area contributed by atoms with Crippen molar-refractivity contribution < 1.29 is 9.53 Å². The van der Waals surface area contributed by atoms with E-state index >= 15 is 0 Å². The maximum atomic E-state index is 12.6. The number of nitrogens with zero attached hydrogens (tertiary/aromatic N) is 2. The van der Waals surface area contributed by atoms with E-state index in [0.29, 0.717) is 17.2 Å². The van der Waals surface area contributed by atoms with Crippen LogP contribution in [0.15, 0.2) is 54.6 Å². The van der Waals surface area contributed by atoms with Crippen LogP contribution >= 0.6 is 0 Å². The summed E-state index contributed by atoms with van der Waals surface area (Å²) in [7, 11) is 0. The molecule has 0 atom stereocenters. The Hall–Kier alpha value is -3.41. The van der Waals surface area contributed by atoms with Gasteiger partial charge in [-0.05, 0) is 76.2 Å². The van der Waals surface area contributed by atoms with E-state index in [2.05, 4.69) is 20.6 Å². The molecule has 6 heteroatoms. The smallest absolute Gasteiger partial charge is 0.255 e. The van der Waals surface area contributed by atoms with E-state index in [0.717, 1.165) is 22.8 Å². The monoisotopic (exact) mass is 376 g/mol. The van der Waals surface area contributed by atoms with Crippen molar-refractivity contribution in [3.63, 3.8) is 0 Å². The van der Waals surface area contributed by atoms with Gasteiger partial charge in [0.1, 0.15) is 5.75 Å². The number of aromatic nitrogens is 2. The van der Waals surface area contributed by atoms with Gasteiger partial charge in [0.2, 0.25) is 5.95 Å². The number of anilines is 3. The number of hydrogen-bond donors (Lipinski definition) is 2. The van der Waals surface area contributed by atoms with E-state index in [4.69, 9.17) is 4.74 Å². The number of rotatable bonds is 6. The van der Waals surface area contributed by atoms with Crippen LogP contribution in [0, 0.1) is 13.8 Å². The SMILES string of the molecule is Cc1cc(C)nc(Nc2cccc(C(=O)Nc3ccc(OC(C)C)cc3)c2)n1. The number of amides is 1. The highest BCUT2D eigenvalue weighted by Gasteiger charge is 2.08. The molecule has 0 saturated carbocycles. The Morgan fingerprint density at radius 3 is 2.25 bits per heavy atom. The van der Waals surface area contributed by atoms with Gasteiger partial charge in [-0.25, -0.2) is 9.97 Å². The van der Waals surface area contributed by atoms with Crippen LogP contribution in [-0.4, -0.2) is 22.0 Å². The lowest BCUT2D eigenvalue weighted by atomic mass is 10.2. The molecule has 0 bridgehead atoms. The summed E-state index contributed by atoms with van der Waals surface area (Å²) < 4.78 is 5.62. The van der Waals surface area contributed by atoms with E-state index < -0.39 is 0 Å². The first-order chi connectivity index (χ1) is 13.4. The van der Waals surface area contributed by atoms with Crippen LogP contribution in [0.3, 0.4) is 0 Å². The zero-order valence-electron chi connectivity index (χ0n) is 16.5. The van der Waals surface area contributed by atoms with Crippen molar-refractivity contribution in [3.8, 4) is 5.75 Å². The quantitative estimate of drug-likeness (QED) is 0.641. The fourth-order valence-electron chi connectivity index (χ4n) is 2.74. The lowest BCUT2D eigenvalue weighted by molar-refractivity contribution is 0.102. The molecule has 28 heavy (non-hydrogen) atoms. The molecule has 0 aliphatic heterocycles. The van der Waals surface area contributed by atoms with Gasteiger partial charge in [-0.15, -0.1) is 0 Å². The number of hydrogen-bond acceptors (Lipinski definition) is 5. The summed E-state index contributed by atoms with van der Waals surface area (Å²) in [5, 5.41) is 6.05. The summed E-state index contributed by atoms with van der Waals surface area (Å²) in [6, 6.07) is 16.5. The maximum Gasteiger partial charge on any atom is 0.255 e. The fourth-order valence-corrected chi connectivity index (χ4v) is 2.74. The molecule has 144 valence electrons. The molecule has 3 aromatic rings. The first kappa shape index (κ1) is 19.4. The molecule has 1 aromatic heterocycles. The number of aryl methyl sites for hydroxylation is 2. The molecule has 0 aliphatic rings. The lowest BCUT2D eigenvalue weighted by Gasteiger charge is -2.11. The molecule has 0 unspecified atom stereocenters. The molecule has 0 spiro atoms. The van der Waals surface area contributed by atoms with Gasteiger partial charge in [-0.1, -0.05) is 6.07 Å². The maximum absolute atomic E-state index is 12.6. The molecule has 0 saturated heterocycles. The second-order valence-electron chi connectivity index (χ2n) is 6.83. The van der Waals surface area contributed by atoms with Gasteiger partial charge in [0.25, 0.3) is 5.91 Å². The second kappa shape index (κ2) is 8.52. The standard InChI is InChI=1S/C22H24N4O2/c1-14(2)28-20-10-8-18(9-11-20)25-21(27)17-6-5-7-19(13-17)26-22-23-15(3)12-16(4)24-22/h5-14H,1-4H3,(H,25,27)(H,23,24,26). The molecule has 2 N–H and O–H groups in total. The number of nitrogens with one attached hydrogen (secondary N) is 2. The van der Waals surface area contributed by atoms with Crippen LogP contribution in [0.25, 0.3) is 0 Å². The largest absolute Gasteiger partial charge is 0.491 e. The molecule has 1 heterocycles. The average molecular weight is 376 g/mol. The Labute approximate surface area is 165 Å². The van der Waals surface area contributed by atoms with Gasteiger partial charge in [-0.3, -0.25) is 4.79 Å². The molecule has 6 nitrogen and oxygen atoms in total. The highest BCUT2D eigenvalue weighted by atomic mass is 16.5. The Morgan fingerprint density at radius 2 is 1.61 bits per heavy atom. The van der Waals surface area contributed by atoms with E-state index in [1.807, 2.05) is 70.2 Å². The van der Waals surface area contributed by atoms with Crippen LogP contribution in [0.1, 0.15) is 35.6 Å². The normalized spacial score (nSPS) is 10.6. The molecule has 0 radical (unpaired) electrons. The van der Waals surface area contributed by atoms with Gasteiger partial charge in [0.05, 0.1) is 6.10 Å². The molecule has 0 aliphatic carbocycles. The average Bonchev–Trinajstić information content (AvgIpc) is 2.62. The summed E-state index contributed by atoms with van der Waals surface area (Å²) in [6.07, 6.45) is 0.108. The predicted octanol–water partition coefficient (Wildman–Crippen LogP) is 4.88. The minimum Gasteiger partial charge on any atom is -0.491 e. The van der Waals surface area contributed by atoms with Crippen molar-refractivity contribution in [2.24, 2.45) is 0 Å². The van der Waals surface area contributed by atoms with Crippen LogP contribution in [0.4, 0.5) is 17.3 Å². The Kier molecular flexibility index (Phi) is 5.89. The summed E-state index contributed by atoms with van der Waals surface area (Å²) >= 11 is 0. The highest BCUT2D eigenvalue weighted by Crippen LogP contribution is 2.19. The van der Waals surface area contributed by atoms with Crippen molar-refractivity contribution in [2.75, 3.05) is 10.6 Å². The zero-order valence-corrected chi connectivity index (χ0v) is 16.5. The van der Waals surface area contributed by atoms with Crippen LogP contribution in [0.2, 0.25) is 0 Å². The van der Waals surface area contributed by atoms with Crippen molar-refractivity contribution in [1.82, 2.24) is 9.97 Å². The fraction of sp³-hybridized carbons (Fsp3) is 0.227. The van der Waals surface area contributed by atoms with E-state index in [-0.39, 0.29) is 12.0 Å². The lowest BCUT2D eigenvalue weighted by Crippen LogP contribution is -2.12. The van der Waals surface area contributed by atoms with E-state index in [1.165, 1.54) is 0 Å². The van der Waals surface area contributed by atoms with Crippen LogP contribution in [-0.2, 0) is 0 Å². The molecular weight excluding hydrogens is 352 g/mol.